The van der Waals surface area contributed by atoms with E-state index in [9.17, 15) is 22.8 Å². The Labute approximate surface area is 229 Å². The number of nitrogens with two attached hydrogens (primary N) is 1. The van der Waals surface area contributed by atoms with Crippen LogP contribution in [0.5, 0.6) is 11.5 Å². The molecule has 0 aliphatic heterocycles. The first-order chi connectivity index (χ1) is 19.2. The van der Waals surface area contributed by atoms with E-state index in [4.69, 9.17) is 15.2 Å². The number of halogens is 3. The van der Waals surface area contributed by atoms with Gasteiger partial charge in [0.25, 0.3) is 5.91 Å². The molecule has 40 heavy (non-hydrogen) atoms. The summed E-state index contributed by atoms with van der Waals surface area (Å²) in [7, 11) is 0. The average Bonchev–Trinajstić information content (AvgIpc) is 2.95. The van der Waals surface area contributed by atoms with Gasteiger partial charge in [-0.2, -0.15) is 13.2 Å². The molecule has 0 aromatic heterocycles. The SMILES string of the molecule is NC(=O)[C@H](Cc1ccc(OCc2ccccc2)c(OCc2ccccc2)c1)NC(=O)c1ccccc1C(F)(F)F. The molecule has 6 nitrogen and oxygen atoms in total. The zero-order chi connectivity index (χ0) is 28.5. The summed E-state index contributed by atoms with van der Waals surface area (Å²) >= 11 is 0. The van der Waals surface area contributed by atoms with Crippen molar-refractivity contribution < 1.29 is 32.2 Å². The second kappa shape index (κ2) is 12.8. The molecular formula is C31H27F3N2O4. The quantitative estimate of drug-likeness (QED) is 0.252. The van der Waals surface area contributed by atoms with Crippen LogP contribution in [0.15, 0.2) is 103 Å². The van der Waals surface area contributed by atoms with Crippen LogP contribution in [0.1, 0.15) is 32.6 Å². The highest BCUT2D eigenvalue weighted by atomic mass is 19.4. The van der Waals surface area contributed by atoms with Gasteiger partial charge in [-0.15, -0.1) is 0 Å². The van der Waals surface area contributed by atoms with Crippen molar-refractivity contribution >= 4 is 11.8 Å². The van der Waals surface area contributed by atoms with E-state index in [1.54, 1.807) is 18.2 Å². The number of carbonyl (C=O) groups is 2. The maximum atomic E-state index is 13.4. The van der Waals surface area contributed by atoms with Crippen LogP contribution >= 0.6 is 0 Å². The monoisotopic (exact) mass is 548 g/mol. The number of amides is 2. The molecule has 4 aromatic carbocycles. The molecule has 9 heteroatoms. The van der Waals surface area contributed by atoms with Crippen LogP contribution in [0.3, 0.4) is 0 Å². The van der Waals surface area contributed by atoms with Gasteiger partial charge < -0.3 is 20.5 Å². The molecule has 0 aliphatic rings. The molecule has 0 radical (unpaired) electrons. The van der Waals surface area contributed by atoms with Crippen molar-refractivity contribution in [3.8, 4) is 11.5 Å². The van der Waals surface area contributed by atoms with E-state index < -0.39 is 35.2 Å². The zero-order valence-corrected chi connectivity index (χ0v) is 21.4. The highest BCUT2D eigenvalue weighted by molar-refractivity contribution is 5.98. The molecule has 0 saturated carbocycles. The summed E-state index contributed by atoms with van der Waals surface area (Å²) < 4.78 is 52.2. The van der Waals surface area contributed by atoms with Gasteiger partial charge in [0.15, 0.2) is 11.5 Å². The van der Waals surface area contributed by atoms with Crippen LogP contribution in [-0.2, 0) is 30.6 Å². The molecule has 0 bridgehead atoms. The lowest BCUT2D eigenvalue weighted by molar-refractivity contribution is -0.137. The van der Waals surface area contributed by atoms with E-state index >= 15 is 0 Å². The molecule has 0 unspecified atom stereocenters. The molecule has 4 aromatic rings. The van der Waals surface area contributed by atoms with Gasteiger partial charge >= 0.3 is 6.18 Å². The highest BCUT2D eigenvalue weighted by Gasteiger charge is 2.35. The smallest absolute Gasteiger partial charge is 0.417 e. The summed E-state index contributed by atoms with van der Waals surface area (Å²) in [6, 6.07) is 27.1. The van der Waals surface area contributed by atoms with E-state index in [2.05, 4.69) is 5.32 Å². The van der Waals surface area contributed by atoms with Gasteiger partial charge in [0.05, 0.1) is 11.1 Å². The summed E-state index contributed by atoms with van der Waals surface area (Å²) in [6.07, 6.45) is -4.81. The third-order valence-electron chi connectivity index (χ3n) is 6.05. The Bertz CT molecular complexity index is 1440. The van der Waals surface area contributed by atoms with Crippen LogP contribution in [-0.4, -0.2) is 17.9 Å². The number of nitrogens with one attached hydrogen (secondary N) is 1. The van der Waals surface area contributed by atoms with E-state index in [-0.39, 0.29) is 13.0 Å². The predicted octanol–water partition coefficient (Wildman–Crippen LogP) is 5.69. The van der Waals surface area contributed by atoms with Crippen LogP contribution in [0.25, 0.3) is 0 Å². The fourth-order valence-electron chi connectivity index (χ4n) is 4.00. The lowest BCUT2D eigenvalue weighted by atomic mass is 10.0. The number of rotatable bonds is 11. The van der Waals surface area contributed by atoms with E-state index in [1.807, 2.05) is 60.7 Å². The Morgan fingerprint density at radius 2 is 1.27 bits per heavy atom. The van der Waals surface area contributed by atoms with Crippen LogP contribution in [0.2, 0.25) is 0 Å². The fraction of sp³-hybridized carbons (Fsp3) is 0.161. The number of primary amides is 1. The molecular weight excluding hydrogens is 521 g/mol. The Kier molecular flexibility index (Phi) is 9.06. The van der Waals surface area contributed by atoms with Crippen molar-refractivity contribution in [3.63, 3.8) is 0 Å². The Hall–Kier alpha value is -4.79. The molecule has 4 rings (SSSR count). The molecule has 0 saturated heterocycles. The van der Waals surface area contributed by atoms with Gasteiger partial charge in [0.1, 0.15) is 19.3 Å². The van der Waals surface area contributed by atoms with Crippen molar-refractivity contribution in [1.82, 2.24) is 5.32 Å². The van der Waals surface area contributed by atoms with Gasteiger partial charge in [-0.25, -0.2) is 0 Å². The number of hydrogen-bond acceptors (Lipinski definition) is 4. The lowest BCUT2D eigenvalue weighted by Crippen LogP contribution is -2.46. The minimum absolute atomic E-state index is 0.0735. The fourth-order valence-corrected chi connectivity index (χ4v) is 4.00. The van der Waals surface area contributed by atoms with Crippen LogP contribution in [0.4, 0.5) is 13.2 Å². The van der Waals surface area contributed by atoms with Gasteiger partial charge in [-0.3, -0.25) is 9.59 Å². The van der Waals surface area contributed by atoms with Crippen LogP contribution in [0, 0.1) is 0 Å². The maximum absolute atomic E-state index is 13.4. The van der Waals surface area contributed by atoms with Crippen molar-refractivity contribution in [2.75, 3.05) is 0 Å². The van der Waals surface area contributed by atoms with Gasteiger partial charge in [0, 0.05) is 6.42 Å². The van der Waals surface area contributed by atoms with Crippen molar-refractivity contribution in [1.29, 1.82) is 0 Å². The van der Waals surface area contributed by atoms with E-state index in [0.717, 1.165) is 23.3 Å². The molecule has 0 heterocycles. The summed E-state index contributed by atoms with van der Waals surface area (Å²) in [5, 5.41) is 2.35. The predicted molar refractivity (Wildman–Crippen MR) is 144 cm³/mol. The number of alkyl halides is 3. The summed E-state index contributed by atoms with van der Waals surface area (Å²) in [6.45, 7) is 0.538. The zero-order valence-electron chi connectivity index (χ0n) is 21.4. The Morgan fingerprint density at radius 3 is 1.85 bits per heavy atom. The number of benzene rings is 4. The second-order valence-corrected chi connectivity index (χ2v) is 9.01. The van der Waals surface area contributed by atoms with Crippen molar-refractivity contribution in [2.45, 2.75) is 31.9 Å². The molecule has 2 amide bonds. The molecule has 3 N–H and O–H groups in total. The Balaban J connectivity index is 1.54. The second-order valence-electron chi connectivity index (χ2n) is 9.01. The largest absolute Gasteiger partial charge is 0.485 e. The first kappa shape index (κ1) is 28.2. The minimum atomic E-state index is -4.74. The third kappa shape index (κ3) is 7.63. The summed E-state index contributed by atoms with van der Waals surface area (Å²) in [5.74, 6) is -1.09. The number of carbonyl (C=O) groups excluding carboxylic acids is 2. The third-order valence-corrected chi connectivity index (χ3v) is 6.05. The molecule has 0 fully saturated rings. The highest BCUT2D eigenvalue weighted by Crippen LogP contribution is 2.32. The molecule has 1 atom stereocenters. The average molecular weight is 549 g/mol. The van der Waals surface area contributed by atoms with Gasteiger partial charge in [-0.1, -0.05) is 78.9 Å². The standard InChI is InChI=1S/C31H27F3N2O4/c32-31(33,34)25-14-8-7-13-24(25)30(38)36-26(29(35)37)17-23-15-16-27(39-19-21-9-3-1-4-10-21)28(18-23)40-20-22-11-5-2-6-12-22/h1-16,18,26H,17,19-20H2,(H2,35,37)(H,36,38)/t26-/m0/s1. The molecule has 0 spiro atoms. The minimum Gasteiger partial charge on any atom is -0.485 e. The van der Waals surface area contributed by atoms with Crippen molar-refractivity contribution in [2.24, 2.45) is 5.73 Å². The van der Waals surface area contributed by atoms with Crippen molar-refractivity contribution in [3.05, 3.63) is 131 Å². The van der Waals surface area contributed by atoms with Gasteiger partial charge in [0.2, 0.25) is 5.91 Å². The summed E-state index contributed by atoms with van der Waals surface area (Å²) in [5.41, 5.74) is 6.25. The first-order valence-corrected chi connectivity index (χ1v) is 12.4. The molecule has 0 aliphatic carbocycles. The maximum Gasteiger partial charge on any atom is 0.417 e. The number of ether oxygens (including phenoxy) is 2. The van der Waals surface area contributed by atoms with E-state index in [0.29, 0.717) is 23.7 Å². The molecule has 206 valence electrons. The Morgan fingerprint density at radius 1 is 0.725 bits per heavy atom. The topological polar surface area (TPSA) is 90.7 Å². The lowest BCUT2D eigenvalue weighted by Gasteiger charge is -2.19. The van der Waals surface area contributed by atoms with E-state index in [1.165, 1.54) is 12.1 Å². The van der Waals surface area contributed by atoms with Gasteiger partial charge in [-0.05, 0) is 41.0 Å². The number of hydrogen-bond donors (Lipinski definition) is 2. The normalized spacial score (nSPS) is 11.9. The summed E-state index contributed by atoms with van der Waals surface area (Å²) in [4.78, 5) is 25.0. The van der Waals surface area contributed by atoms with Crippen LogP contribution < -0.4 is 20.5 Å². The first-order valence-electron chi connectivity index (χ1n) is 12.4.